The normalized spacial score (nSPS) is 19.1. The van der Waals surface area contributed by atoms with E-state index in [0.717, 1.165) is 45.6 Å². The third kappa shape index (κ3) is 4.01. The van der Waals surface area contributed by atoms with Gasteiger partial charge in [-0.1, -0.05) is 38.1 Å². The molecule has 4 heteroatoms. The summed E-state index contributed by atoms with van der Waals surface area (Å²) in [4.78, 5) is 2.57. The van der Waals surface area contributed by atoms with E-state index >= 15 is 0 Å². The molecule has 1 atom stereocenters. The van der Waals surface area contributed by atoms with Gasteiger partial charge in [0, 0.05) is 50.5 Å². The van der Waals surface area contributed by atoms with Gasteiger partial charge in [-0.15, -0.1) is 0 Å². The van der Waals surface area contributed by atoms with E-state index in [9.17, 15) is 0 Å². The number of aromatic nitrogens is 2. The van der Waals surface area contributed by atoms with Crippen molar-refractivity contribution in [3.05, 3.63) is 53.3 Å². The molecular formula is C19H28N4. The van der Waals surface area contributed by atoms with Crippen molar-refractivity contribution in [3.8, 4) is 0 Å². The molecule has 1 aliphatic heterocycles. The lowest BCUT2D eigenvalue weighted by atomic mass is 10.0. The molecule has 4 nitrogen and oxygen atoms in total. The molecule has 0 aliphatic carbocycles. The lowest BCUT2D eigenvalue weighted by molar-refractivity contribution is 0.153. The van der Waals surface area contributed by atoms with E-state index in [-0.39, 0.29) is 0 Å². The maximum absolute atomic E-state index is 4.47. The predicted molar refractivity (Wildman–Crippen MR) is 94.4 cm³/mol. The van der Waals surface area contributed by atoms with Gasteiger partial charge in [-0.2, -0.15) is 5.10 Å². The minimum atomic E-state index is 0.448. The molecule has 3 rings (SSSR count). The van der Waals surface area contributed by atoms with Crippen molar-refractivity contribution in [2.75, 3.05) is 19.6 Å². The molecule has 1 unspecified atom stereocenters. The molecule has 1 aromatic heterocycles. The van der Waals surface area contributed by atoms with E-state index in [2.05, 4.69) is 64.3 Å². The van der Waals surface area contributed by atoms with E-state index in [1.54, 1.807) is 0 Å². The average Bonchev–Trinajstić information content (AvgIpc) is 3.03. The summed E-state index contributed by atoms with van der Waals surface area (Å²) in [6.07, 6.45) is 6.45. The molecule has 1 aliphatic rings. The molecule has 0 saturated carbocycles. The monoisotopic (exact) mass is 312 g/mol. The second kappa shape index (κ2) is 7.75. The minimum Gasteiger partial charge on any atom is -0.314 e. The number of rotatable bonds is 6. The Morgan fingerprint density at radius 1 is 1.17 bits per heavy atom. The maximum atomic E-state index is 4.47. The van der Waals surface area contributed by atoms with Crippen LogP contribution in [0.15, 0.2) is 36.7 Å². The average molecular weight is 312 g/mol. The van der Waals surface area contributed by atoms with Crippen LogP contribution < -0.4 is 5.32 Å². The molecule has 1 fully saturated rings. The number of benzene rings is 1. The van der Waals surface area contributed by atoms with Crippen LogP contribution in [-0.4, -0.2) is 34.3 Å². The first-order valence-electron chi connectivity index (χ1n) is 8.85. The third-order valence-corrected chi connectivity index (χ3v) is 4.65. The zero-order chi connectivity index (χ0) is 16.1. The SMILES string of the molecule is CCCn1cc(CN2CCNCC2c2ccc(CC)cc2)cn1. The molecule has 0 bridgehead atoms. The van der Waals surface area contributed by atoms with Crippen LogP contribution in [0.2, 0.25) is 0 Å². The molecule has 124 valence electrons. The summed E-state index contributed by atoms with van der Waals surface area (Å²) in [5, 5.41) is 8.01. The van der Waals surface area contributed by atoms with E-state index in [4.69, 9.17) is 0 Å². The summed E-state index contributed by atoms with van der Waals surface area (Å²) < 4.78 is 2.06. The van der Waals surface area contributed by atoms with Gasteiger partial charge in [0.25, 0.3) is 0 Å². The van der Waals surface area contributed by atoms with Crippen molar-refractivity contribution in [2.45, 2.75) is 45.8 Å². The molecule has 2 aromatic rings. The van der Waals surface area contributed by atoms with E-state index in [0.29, 0.717) is 6.04 Å². The van der Waals surface area contributed by atoms with Crippen molar-refractivity contribution in [2.24, 2.45) is 0 Å². The summed E-state index contributed by atoms with van der Waals surface area (Å²) >= 11 is 0. The van der Waals surface area contributed by atoms with E-state index in [1.165, 1.54) is 16.7 Å². The summed E-state index contributed by atoms with van der Waals surface area (Å²) in [5.74, 6) is 0. The Balaban J connectivity index is 1.72. The highest BCUT2D eigenvalue weighted by Crippen LogP contribution is 2.24. The Morgan fingerprint density at radius 3 is 2.74 bits per heavy atom. The van der Waals surface area contributed by atoms with Gasteiger partial charge in [0.05, 0.1) is 6.20 Å². The molecule has 23 heavy (non-hydrogen) atoms. The van der Waals surface area contributed by atoms with Crippen molar-refractivity contribution in [1.29, 1.82) is 0 Å². The highest BCUT2D eigenvalue weighted by Gasteiger charge is 2.24. The summed E-state index contributed by atoms with van der Waals surface area (Å²) in [6, 6.07) is 9.57. The Labute approximate surface area is 139 Å². The number of nitrogens with zero attached hydrogens (tertiary/aromatic N) is 3. The van der Waals surface area contributed by atoms with Crippen molar-refractivity contribution in [3.63, 3.8) is 0 Å². The fourth-order valence-corrected chi connectivity index (χ4v) is 3.31. The summed E-state index contributed by atoms with van der Waals surface area (Å²) in [6.45, 7) is 9.54. The molecule has 1 aromatic carbocycles. The predicted octanol–water partition coefficient (Wildman–Crippen LogP) is 3.00. The topological polar surface area (TPSA) is 33.1 Å². The molecule has 0 radical (unpaired) electrons. The smallest absolute Gasteiger partial charge is 0.0534 e. The zero-order valence-electron chi connectivity index (χ0n) is 14.3. The van der Waals surface area contributed by atoms with Crippen LogP contribution in [0.4, 0.5) is 0 Å². The fraction of sp³-hybridized carbons (Fsp3) is 0.526. The van der Waals surface area contributed by atoms with Gasteiger partial charge in [0.2, 0.25) is 0 Å². The minimum absolute atomic E-state index is 0.448. The third-order valence-electron chi connectivity index (χ3n) is 4.65. The second-order valence-corrected chi connectivity index (χ2v) is 6.40. The standard InChI is InChI=1S/C19H28N4/c1-3-10-23-15-17(12-21-23)14-22-11-9-20-13-19(22)18-7-5-16(4-2)6-8-18/h5-8,12,15,19-20H,3-4,9-11,13-14H2,1-2H3. The molecule has 1 N–H and O–H groups in total. The Hall–Kier alpha value is -1.65. The number of hydrogen-bond donors (Lipinski definition) is 1. The highest BCUT2D eigenvalue weighted by atomic mass is 15.3. The Morgan fingerprint density at radius 2 is 2.00 bits per heavy atom. The van der Waals surface area contributed by atoms with Gasteiger partial charge in [0.1, 0.15) is 0 Å². The highest BCUT2D eigenvalue weighted by molar-refractivity contribution is 5.26. The van der Waals surface area contributed by atoms with Gasteiger partial charge in [-0.05, 0) is 24.0 Å². The van der Waals surface area contributed by atoms with Crippen LogP contribution in [0.3, 0.4) is 0 Å². The molecule has 1 saturated heterocycles. The number of nitrogens with one attached hydrogen (secondary N) is 1. The first kappa shape index (κ1) is 16.2. The van der Waals surface area contributed by atoms with Crippen LogP contribution in [0, 0.1) is 0 Å². The van der Waals surface area contributed by atoms with Crippen LogP contribution in [0.1, 0.15) is 43.0 Å². The maximum Gasteiger partial charge on any atom is 0.0534 e. The van der Waals surface area contributed by atoms with E-state index < -0.39 is 0 Å². The quantitative estimate of drug-likeness (QED) is 0.890. The van der Waals surface area contributed by atoms with Gasteiger partial charge < -0.3 is 5.32 Å². The van der Waals surface area contributed by atoms with Gasteiger partial charge in [0.15, 0.2) is 0 Å². The van der Waals surface area contributed by atoms with Crippen LogP contribution in [0.25, 0.3) is 0 Å². The van der Waals surface area contributed by atoms with Gasteiger partial charge >= 0.3 is 0 Å². The Kier molecular flexibility index (Phi) is 5.47. The second-order valence-electron chi connectivity index (χ2n) is 6.40. The van der Waals surface area contributed by atoms with Gasteiger partial charge in [-0.3, -0.25) is 9.58 Å². The first-order valence-corrected chi connectivity index (χ1v) is 8.85. The molecule has 0 spiro atoms. The number of hydrogen-bond acceptors (Lipinski definition) is 3. The summed E-state index contributed by atoms with van der Waals surface area (Å²) in [5.41, 5.74) is 4.13. The van der Waals surface area contributed by atoms with Crippen LogP contribution in [0.5, 0.6) is 0 Å². The zero-order valence-corrected chi connectivity index (χ0v) is 14.3. The fourth-order valence-electron chi connectivity index (χ4n) is 3.31. The Bertz CT molecular complexity index is 602. The van der Waals surface area contributed by atoms with E-state index in [1.807, 2.05) is 6.20 Å². The van der Waals surface area contributed by atoms with Gasteiger partial charge in [-0.25, -0.2) is 0 Å². The lowest BCUT2D eigenvalue weighted by Crippen LogP contribution is -2.45. The van der Waals surface area contributed by atoms with Crippen molar-refractivity contribution in [1.82, 2.24) is 20.0 Å². The molecular weight excluding hydrogens is 284 g/mol. The van der Waals surface area contributed by atoms with Crippen LogP contribution in [-0.2, 0) is 19.5 Å². The van der Waals surface area contributed by atoms with Crippen molar-refractivity contribution >= 4 is 0 Å². The first-order chi connectivity index (χ1) is 11.3. The number of piperazine rings is 1. The number of aryl methyl sites for hydroxylation is 2. The summed E-state index contributed by atoms with van der Waals surface area (Å²) in [7, 11) is 0. The van der Waals surface area contributed by atoms with Crippen LogP contribution >= 0.6 is 0 Å². The van der Waals surface area contributed by atoms with Crippen molar-refractivity contribution < 1.29 is 0 Å². The molecule has 2 heterocycles. The molecule has 0 amide bonds. The largest absolute Gasteiger partial charge is 0.314 e. The lowest BCUT2D eigenvalue weighted by Gasteiger charge is -2.36.